The second kappa shape index (κ2) is 5.64. The number of carbonyl (C=O) groups excluding carboxylic acids is 2. The first-order valence-electron chi connectivity index (χ1n) is 6.92. The van der Waals surface area contributed by atoms with Crippen LogP contribution in [0.15, 0.2) is 29.2 Å². The fraction of sp³-hybridized carbons (Fsp3) is 0.357. The molecule has 0 aromatic heterocycles. The number of nitriles is 1. The SMILES string of the molecule is N#Cc1ccc(S(=O)(=O)N2CC[C@H](N3C(=O)COC3=O)C2)cc1. The van der Waals surface area contributed by atoms with Crippen LogP contribution in [0, 0.1) is 11.3 Å². The maximum atomic E-state index is 12.6. The van der Waals surface area contributed by atoms with Gasteiger partial charge in [0.05, 0.1) is 22.6 Å². The molecule has 2 aliphatic rings. The average molecular weight is 335 g/mol. The quantitative estimate of drug-likeness (QED) is 0.786. The van der Waals surface area contributed by atoms with Gasteiger partial charge in [0, 0.05) is 13.1 Å². The summed E-state index contributed by atoms with van der Waals surface area (Å²) in [5, 5.41) is 8.76. The van der Waals surface area contributed by atoms with Crippen molar-refractivity contribution in [1.82, 2.24) is 9.21 Å². The average Bonchev–Trinajstić information content (AvgIpc) is 3.14. The van der Waals surface area contributed by atoms with E-state index in [4.69, 9.17) is 5.26 Å². The van der Waals surface area contributed by atoms with Gasteiger partial charge in [-0.05, 0) is 30.7 Å². The maximum Gasteiger partial charge on any atom is 0.417 e. The molecule has 1 aromatic rings. The van der Waals surface area contributed by atoms with E-state index in [1.807, 2.05) is 6.07 Å². The van der Waals surface area contributed by atoms with Gasteiger partial charge in [0.2, 0.25) is 10.0 Å². The Kier molecular flexibility index (Phi) is 3.79. The Morgan fingerprint density at radius 2 is 1.91 bits per heavy atom. The number of rotatable bonds is 3. The van der Waals surface area contributed by atoms with Crippen molar-refractivity contribution in [2.45, 2.75) is 17.4 Å². The van der Waals surface area contributed by atoms with Crippen LogP contribution in [0.1, 0.15) is 12.0 Å². The summed E-state index contributed by atoms with van der Waals surface area (Å²) in [7, 11) is -3.73. The Labute approximate surface area is 132 Å². The number of hydrogen-bond acceptors (Lipinski definition) is 6. The van der Waals surface area contributed by atoms with Crippen LogP contribution in [0.3, 0.4) is 0 Å². The molecule has 0 aliphatic carbocycles. The van der Waals surface area contributed by atoms with Crippen molar-refractivity contribution in [1.29, 1.82) is 5.26 Å². The number of hydrogen-bond donors (Lipinski definition) is 0. The summed E-state index contributed by atoms with van der Waals surface area (Å²) in [6.07, 6.45) is -0.353. The van der Waals surface area contributed by atoms with Gasteiger partial charge in [-0.3, -0.25) is 4.79 Å². The largest absolute Gasteiger partial charge is 0.439 e. The van der Waals surface area contributed by atoms with Gasteiger partial charge in [0.25, 0.3) is 5.91 Å². The first-order valence-corrected chi connectivity index (χ1v) is 8.36. The van der Waals surface area contributed by atoms with Crippen LogP contribution in [0.4, 0.5) is 4.79 Å². The van der Waals surface area contributed by atoms with Crippen LogP contribution in [-0.4, -0.2) is 55.4 Å². The van der Waals surface area contributed by atoms with Crippen LogP contribution < -0.4 is 0 Å². The molecule has 2 aliphatic heterocycles. The highest BCUT2D eigenvalue weighted by Gasteiger charge is 2.43. The van der Waals surface area contributed by atoms with Crippen molar-refractivity contribution in [2.24, 2.45) is 0 Å². The Balaban J connectivity index is 1.78. The van der Waals surface area contributed by atoms with E-state index in [0.29, 0.717) is 12.0 Å². The molecule has 2 fully saturated rings. The van der Waals surface area contributed by atoms with E-state index in [0.717, 1.165) is 4.90 Å². The predicted molar refractivity (Wildman–Crippen MR) is 76.5 cm³/mol. The number of amides is 2. The fourth-order valence-corrected chi connectivity index (χ4v) is 4.20. The second-order valence-corrected chi connectivity index (χ2v) is 7.20. The molecular formula is C14H13N3O5S. The third kappa shape index (κ3) is 2.67. The molecule has 2 saturated heterocycles. The standard InChI is InChI=1S/C14H13N3O5S/c15-7-10-1-3-12(4-2-10)23(20,21)16-6-5-11(8-16)17-13(18)9-22-14(17)19/h1-4,11H,5-6,8-9H2/t11-/m0/s1. The zero-order valence-electron chi connectivity index (χ0n) is 12.0. The first-order chi connectivity index (χ1) is 10.9. The van der Waals surface area contributed by atoms with Crippen molar-refractivity contribution in [2.75, 3.05) is 19.7 Å². The Hall–Kier alpha value is -2.44. The van der Waals surface area contributed by atoms with Crippen LogP contribution >= 0.6 is 0 Å². The lowest BCUT2D eigenvalue weighted by molar-refractivity contribution is -0.127. The summed E-state index contributed by atoms with van der Waals surface area (Å²) in [5.74, 6) is -0.447. The highest BCUT2D eigenvalue weighted by atomic mass is 32.2. The van der Waals surface area contributed by atoms with Crippen LogP contribution in [0.2, 0.25) is 0 Å². The van der Waals surface area contributed by atoms with Crippen molar-refractivity contribution >= 4 is 22.0 Å². The third-order valence-electron chi connectivity index (χ3n) is 3.90. The zero-order chi connectivity index (χ0) is 16.6. The third-order valence-corrected chi connectivity index (χ3v) is 5.78. The predicted octanol–water partition coefficient (Wildman–Crippen LogP) is 0.300. The normalized spacial score (nSPS) is 22.2. The van der Waals surface area contributed by atoms with Crippen molar-refractivity contribution in [3.8, 4) is 6.07 Å². The number of nitrogens with zero attached hydrogens (tertiary/aromatic N) is 3. The van der Waals surface area contributed by atoms with Gasteiger partial charge in [0.15, 0.2) is 6.61 Å². The van der Waals surface area contributed by atoms with Gasteiger partial charge in [-0.2, -0.15) is 9.57 Å². The van der Waals surface area contributed by atoms with E-state index < -0.39 is 28.1 Å². The highest BCUT2D eigenvalue weighted by Crippen LogP contribution is 2.25. The Morgan fingerprint density at radius 1 is 1.22 bits per heavy atom. The van der Waals surface area contributed by atoms with Crippen LogP contribution in [-0.2, 0) is 19.6 Å². The number of cyclic esters (lactones) is 1. The van der Waals surface area contributed by atoms with E-state index in [9.17, 15) is 18.0 Å². The summed E-state index contributed by atoms with van der Waals surface area (Å²) in [6.45, 7) is -0.0368. The molecule has 9 heteroatoms. The van der Waals surface area contributed by atoms with Gasteiger partial charge in [-0.1, -0.05) is 0 Å². The van der Waals surface area contributed by atoms with E-state index in [1.54, 1.807) is 0 Å². The fourth-order valence-electron chi connectivity index (χ4n) is 2.71. The topological polar surface area (TPSA) is 108 Å². The van der Waals surface area contributed by atoms with E-state index in [1.165, 1.54) is 28.6 Å². The van der Waals surface area contributed by atoms with Gasteiger partial charge in [-0.15, -0.1) is 0 Å². The summed E-state index contributed by atoms with van der Waals surface area (Å²) >= 11 is 0. The van der Waals surface area contributed by atoms with Crippen LogP contribution in [0.5, 0.6) is 0 Å². The smallest absolute Gasteiger partial charge is 0.417 e. The number of carbonyl (C=O) groups is 2. The Morgan fingerprint density at radius 3 is 2.48 bits per heavy atom. The molecule has 23 heavy (non-hydrogen) atoms. The molecule has 0 bridgehead atoms. The van der Waals surface area contributed by atoms with E-state index >= 15 is 0 Å². The molecule has 1 aromatic carbocycles. The first kappa shape index (κ1) is 15.5. The molecule has 120 valence electrons. The zero-order valence-corrected chi connectivity index (χ0v) is 12.8. The molecule has 0 spiro atoms. The number of imide groups is 1. The van der Waals surface area contributed by atoms with Gasteiger partial charge < -0.3 is 4.74 Å². The molecule has 0 unspecified atom stereocenters. The summed E-state index contributed by atoms with van der Waals surface area (Å²) < 4.78 is 31.1. The van der Waals surface area contributed by atoms with Crippen molar-refractivity contribution in [3.05, 3.63) is 29.8 Å². The van der Waals surface area contributed by atoms with Gasteiger partial charge in [-0.25, -0.2) is 18.1 Å². The van der Waals surface area contributed by atoms with Crippen molar-refractivity contribution in [3.63, 3.8) is 0 Å². The summed E-state index contributed by atoms with van der Waals surface area (Å²) in [4.78, 5) is 24.3. The van der Waals surface area contributed by atoms with Gasteiger partial charge >= 0.3 is 6.09 Å². The van der Waals surface area contributed by atoms with E-state index in [2.05, 4.69) is 4.74 Å². The lowest BCUT2D eigenvalue weighted by atomic mass is 10.2. The molecule has 2 heterocycles. The van der Waals surface area contributed by atoms with Crippen LogP contribution in [0.25, 0.3) is 0 Å². The lowest BCUT2D eigenvalue weighted by Gasteiger charge is -2.20. The molecule has 3 rings (SSSR count). The molecule has 0 saturated carbocycles. The number of sulfonamides is 1. The highest BCUT2D eigenvalue weighted by molar-refractivity contribution is 7.89. The maximum absolute atomic E-state index is 12.6. The minimum Gasteiger partial charge on any atom is -0.439 e. The van der Waals surface area contributed by atoms with Gasteiger partial charge in [0.1, 0.15) is 0 Å². The summed E-state index contributed by atoms with van der Waals surface area (Å²) in [5.41, 5.74) is 0.369. The minimum atomic E-state index is -3.73. The summed E-state index contributed by atoms with van der Waals surface area (Å²) in [6, 6.07) is 7.02. The molecule has 0 radical (unpaired) electrons. The van der Waals surface area contributed by atoms with E-state index in [-0.39, 0.29) is 24.6 Å². The number of ether oxygens (including phenoxy) is 1. The second-order valence-electron chi connectivity index (χ2n) is 5.26. The lowest BCUT2D eigenvalue weighted by Crippen LogP contribution is -2.42. The minimum absolute atomic E-state index is 0.0448. The molecular weight excluding hydrogens is 322 g/mol. The molecule has 2 amide bonds. The Bertz CT molecular complexity index is 781. The number of benzene rings is 1. The molecule has 8 nitrogen and oxygen atoms in total. The van der Waals surface area contributed by atoms with Crippen molar-refractivity contribution < 1.29 is 22.7 Å². The molecule has 0 N–H and O–H groups in total. The molecule has 1 atom stereocenters. The monoisotopic (exact) mass is 335 g/mol.